The number of fused-ring (bicyclic) bond motifs is 3. The average Bonchev–Trinajstić information content (AvgIpc) is 2.68. The van der Waals surface area contributed by atoms with E-state index in [4.69, 9.17) is 4.99 Å². The Morgan fingerprint density at radius 1 is 1.19 bits per heavy atom. The van der Waals surface area contributed by atoms with E-state index in [1.165, 1.54) is 12.8 Å². The van der Waals surface area contributed by atoms with E-state index < -0.39 is 0 Å². The normalized spacial score (nSPS) is 27.5. The van der Waals surface area contributed by atoms with Crippen LogP contribution in [0.3, 0.4) is 0 Å². The quantitative estimate of drug-likeness (QED) is 0.630. The lowest BCUT2D eigenvalue weighted by Crippen LogP contribution is -2.59. The molecule has 2 aromatic rings. The first-order valence-electron chi connectivity index (χ1n) is 9.53. The summed E-state index contributed by atoms with van der Waals surface area (Å²) in [4.78, 5) is 11.5. The highest BCUT2D eigenvalue weighted by molar-refractivity contribution is 5.91. The predicted octanol–water partition coefficient (Wildman–Crippen LogP) is 3.11. The van der Waals surface area contributed by atoms with Gasteiger partial charge in [-0.15, -0.1) is 0 Å². The van der Waals surface area contributed by atoms with Crippen LogP contribution < -0.4 is 5.11 Å². The van der Waals surface area contributed by atoms with Gasteiger partial charge in [-0.2, -0.15) is 0 Å². The van der Waals surface area contributed by atoms with Gasteiger partial charge in [-0.05, 0) is 63.1 Å². The maximum Gasteiger partial charge on any atom is 0.0925 e. The smallest absolute Gasteiger partial charge is 0.0925 e. The van der Waals surface area contributed by atoms with Crippen molar-refractivity contribution in [2.24, 2.45) is 10.9 Å². The fourth-order valence-electron chi connectivity index (χ4n) is 4.83. The summed E-state index contributed by atoms with van der Waals surface area (Å²) >= 11 is 0. The Morgan fingerprint density at radius 2 is 1.92 bits per heavy atom. The fourth-order valence-corrected chi connectivity index (χ4v) is 4.83. The maximum atomic E-state index is 13.0. The third-order valence-corrected chi connectivity index (χ3v) is 6.37. The molecule has 3 fully saturated rings. The minimum absolute atomic E-state index is 0.0537. The molecule has 0 amide bonds. The summed E-state index contributed by atoms with van der Waals surface area (Å²) < 4.78 is 0. The Bertz CT molecular complexity index is 794. The Kier molecular flexibility index (Phi) is 4.53. The molecule has 5 rings (SSSR count). The minimum atomic E-state index is -0.153. The number of aliphatic imine (C=N–C) groups is 1. The number of piperidine rings is 2. The van der Waals surface area contributed by atoms with Crippen LogP contribution in [0.5, 0.6) is 0 Å². The van der Waals surface area contributed by atoms with E-state index in [0.29, 0.717) is 5.56 Å². The summed E-state index contributed by atoms with van der Waals surface area (Å²) in [5.41, 5.74) is 2.43. The van der Waals surface area contributed by atoms with Crippen molar-refractivity contribution < 1.29 is 5.11 Å². The lowest BCUT2D eigenvalue weighted by Gasteiger charge is -2.56. The highest BCUT2D eigenvalue weighted by Gasteiger charge is 2.49. The number of likely N-dealkylation sites (N-methyl/N-ethyl adjacent to an activating group) is 1. The summed E-state index contributed by atoms with van der Waals surface area (Å²) in [6.07, 6.45) is 6.41. The zero-order valence-electron chi connectivity index (χ0n) is 15.6. The van der Waals surface area contributed by atoms with Gasteiger partial charge in [0.05, 0.1) is 6.04 Å². The van der Waals surface area contributed by atoms with Crippen molar-refractivity contribution in [2.45, 2.75) is 44.2 Å². The van der Waals surface area contributed by atoms with Crippen LogP contribution in [0.25, 0.3) is 0 Å². The number of aromatic nitrogens is 1. The molecule has 2 saturated heterocycles. The second-order valence-corrected chi connectivity index (χ2v) is 7.81. The topological polar surface area (TPSA) is 51.6 Å². The number of hydrogen-bond donors (Lipinski definition) is 0. The molecule has 3 aliphatic rings. The first kappa shape index (κ1) is 17.2. The molecule has 0 spiro atoms. The van der Waals surface area contributed by atoms with E-state index in [1.54, 1.807) is 6.20 Å². The monoisotopic (exact) mass is 348 g/mol. The number of hydrogen-bond acceptors (Lipinski definition) is 4. The van der Waals surface area contributed by atoms with Gasteiger partial charge in [0.2, 0.25) is 0 Å². The molecule has 136 valence electrons. The first-order chi connectivity index (χ1) is 12.6. The highest BCUT2D eigenvalue weighted by atomic mass is 16.3. The van der Waals surface area contributed by atoms with Crippen LogP contribution in [0.4, 0.5) is 0 Å². The van der Waals surface area contributed by atoms with Crippen molar-refractivity contribution in [3.63, 3.8) is 0 Å². The van der Waals surface area contributed by atoms with Gasteiger partial charge in [0.25, 0.3) is 0 Å². The average molecular weight is 348 g/mol. The second kappa shape index (κ2) is 6.84. The van der Waals surface area contributed by atoms with Crippen LogP contribution in [0.1, 0.15) is 48.5 Å². The van der Waals surface area contributed by atoms with E-state index >= 15 is 0 Å². The molecule has 1 aromatic carbocycles. The van der Waals surface area contributed by atoms with Crippen LogP contribution in [-0.2, 0) is 0 Å². The lowest BCUT2D eigenvalue weighted by molar-refractivity contribution is -0.214. The molecule has 1 aromatic heterocycles. The largest absolute Gasteiger partial charge is 0.858 e. The molecule has 4 nitrogen and oxygen atoms in total. The third-order valence-electron chi connectivity index (χ3n) is 6.37. The molecule has 4 heteroatoms. The molecule has 1 aliphatic carbocycles. The number of benzene rings is 1. The Morgan fingerprint density at radius 3 is 2.58 bits per heavy atom. The van der Waals surface area contributed by atoms with E-state index in [2.05, 4.69) is 29.1 Å². The predicted molar refractivity (Wildman–Crippen MR) is 102 cm³/mol. The molecule has 1 atom stereocenters. The standard InChI is InChI=1S/C22H27N3O/c1-16-19(9-6-14-23-16)21(26)24-20(18-7-4-3-5-8-18)22-12-10-17(11-13-22)15-25(22)2/h3-9,14,17,20H,10-13,15H2,1-2H3,(H,24,26)/p-1. The van der Waals surface area contributed by atoms with Crippen LogP contribution >= 0.6 is 0 Å². The van der Waals surface area contributed by atoms with E-state index in [1.807, 2.05) is 37.3 Å². The van der Waals surface area contributed by atoms with Crippen LogP contribution in [0, 0.1) is 12.8 Å². The van der Waals surface area contributed by atoms with Crippen molar-refractivity contribution in [1.82, 2.24) is 9.88 Å². The molecular weight excluding hydrogens is 322 g/mol. The molecule has 1 saturated carbocycles. The molecular formula is C22H26N3O-. The molecule has 2 bridgehead atoms. The van der Waals surface area contributed by atoms with Crippen LogP contribution in [-0.4, -0.2) is 34.9 Å². The summed E-state index contributed by atoms with van der Waals surface area (Å²) in [5, 5.41) is 13.0. The number of pyridine rings is 1. The van der Waals surface area contributed by atoms with Gasteiger partial charge in [-0.25, -0.2) is 0 Å². The van der Waals surface area contributed by atoms with Gasteiger partial charge in [0.15, 0.2) is 0 Å². The fraction of sp³-hybridized carbons (Fsp3) is 0.455. The molecule has 3 heterocycles. The summed E-state index contributed by atoms with van der Waals surface area (Å²) in [5.74, 6) is 0.648. The second-order valence-electron chi connectivity index (χ2n) is 7.81. The van der Waals surface area contributed by atoms with Gasteiger partial charge < -0.3 is 5.11 Å². The molecule has 1 unspecified atom stereocenters. The van der Waals surface area contributed by atoms with Crippen molar-refractivity contribution in [1.29, 1.82) is 0 Å². The van der Waals surface area contributed by atoms with Crippen molar-refractivity contribution in [3.05, 3.63) is 65.5 Å². The molecule has 26 heavy (non-hydrogen) atoms. The van der Waals surface area contributed by atoms with Gasteiger partial charge >= 0.3 is 0 Å². The number of rotatable bonds is 4. The molecule has 0 radical (unpaired) electrons. The van der Waals surface area contributed by atoms with Gasteiger partial charge in [0, 0.05) is 29.5 Å². The SMILES string of the molecule is Cc1ncccc1C([O-])=NC(c1ccccc1)C12CCC(CC1)CN2C. The zero-order valence-corrected chi connectivity index (χ0v) is 15.6. The highest BCUT2D eigenvalue weighted by Crippen LogP contribution is 2.50. The molecule has 0 N–H and O–H groups in total. The third kappa shape index (κ3) is 2.92. The van der Waals surface area contributed by atoms with E-state index in [9.17, 15) is 5.11 Å². The van der Waals surface area contributed by atoms with Crippen molar-refractivity contribution >= 4 is 5.90 Å². The zero-order chi connectivity index (χ0) is 18.1. The first-order valence-corrected chi connectivity index (χ1v) is 9.53. The minimum Gasteiger partial charge on any atom is -0.858 e. The Balaban J connectivity index is 1.80. The van der Waals surface area contributed by atoms with E-state index in [0.717, 1.165) is 36.6 Å². The van der Waals surface area contributed by atoms with Crippen LogP contribution in [0.15, 0.2) is 53.7 Å². The molecule has 2 aliphatic heterocycles. The number of aryl methyl sites for hydroxylation is 1. The number of nitrogens with zero attached hydrogens (tertiary/aromatic N) is 3. The Labute approximate surface area is 155 Å². The van der Waals surface area contributed by atoms with E-state index in [-0.39, 0.29) is 17.5 Å². The summed E-state index contributed by atoms with van der Waals surface area (Å²) in [6, 6.07) is 13.8. The lowest BCUT2D eigenvalue weighted by atomic mass is 9.66. The summed E-state index contributed by atoms with van der Waals surface area (Å²) in [6.45, 7) is 2.98. The van der Waals surface area contributed by atoms with Gasteiger partial charge in [-0.1, -0.05) is 36.4 Å². The van der Waals surface area contributed by atoms with Crippen molar-refractivity contribution in [2.75, 3.05) is 13.6 Å². The van der Waals surface area contributed by atoms with Gasteiger partial charge in [0.1, 0.15) is 0 Å². The summed E-state index contributed by atoms with van der Waals surface area (Å²) in [7, 11) is 2.20. The van der Waals surface area contributed by atoms with Crippen LogP contribution in [0.2, 0.25) is 0 Å². The maximum absolute atomic E-state index is 13.0. The van der Waals surface area contributed by atoms with Gasteiger partial charge in [-0.3, -0.25) is 14.9 Å². The Hall–Kier alpha value is -2.20. The van der Waals surface area contributed by atoms with Crippen molar-refractivity contribution in [3.8, 4) is 0 Å².